The molecule has 0 aromatic heterocycles. The maximum absolute atomic E-state index is 13.3. The van der Waals surface area contributed by atoms with Gasteiger partial charge in [0.1, 0.15) is 5.82 Å². The van der Waals surface area contributed by atoms with E-state index in [4.69, 9.17) is 0 Å². The molecule has 1 rings (SSSR count). The van der Waals surface area contributed by atoms with Crippen LogP contribution in [0.3, 0.4) is 0 Å². The van der Waals surface area contributed by atoms with Crippen LogP contribution < -0.4 is 5.32 Å². The van der Waals surface area contributed by atoms with Crippen LogP contribution in [0.4, 0.5) is 4.39 Å². The van der Waals surface area contributed by atoms with Crippen molar-refractivity contribution in [1.82, 2.24) is 5.32 Å². The highest BCUT2D eigenvalue weighted by atomic mass is 19.1. The fourth-order valence-electron chi connectivity index (χ4n) is 1.23. The predicted molar refractivity (Wildman–Crippen MR) is 64.4 cm³/mol. The van der Waals surface area contributed by atoms with Crippen molar-refractivity contribution in [2.75, 3.05) is 6.54 Å². The molecule has 0 fully saturated rings. The van der Waals surface area contributed by atoms with Gasteiger partial charge in [0.2, 0.25) is 0 Å². The fraction of sp³-hybridized carbons (Fsp3) is 0.462. The smallest absolute Gasteiger partial charge is 0.251 e. The summed E-state index contributed by atoms with van der Waals surface area (Å²) in [6.45, 7) is 5.26. The minimum atomic E-state index is -0.932. The van der Waals surface area contributed by atoms with E-state index in [2.05, 4.69) is 5.32 Å². The fourth-order valence-corrected chi connectivity index (χ4v) is 1.23. The normalized spacial score (nSPS) is 14.2. The van der Waals surface area contributed by atoms with E-state index in [0.29, 0.717) is 12.0 Å². The molecule has 0 bridgehead atoms. The van der Waals surface area contributed by atoms with Gasteiger partial charge in [0, 0.05) is 12.1 Å². The Balaban J connectivity index is 2.68. The van der Waals surface area contributed by atoms with E-state index < -0.39 is 11.4 Å². The van der Waals surface area contributed by atoms with Gasteiger partial charge >= 0.3 is 0 Å². The third-order valence-corrected chi connectivity index (χ3v) is 2.83. The number of hydrogen-bond donors (Lipinski definition) is 2. The van der Waals surface area contributed by atoms with Crippen molar-refractivity contribution in [3.05, 3.63) is 35.1 Å². The largest absolute Gasteiger partial charge is 0.388 e. The molecule has 94 valence electrons. The Morgan fingerprint density at radius 1 is 1.53 bits per heavy atom. The molecule has 3 nitrogen and oxygen atoms in total. The van der Waals surface area contributed by atoms with E-state index in [1.165, 1.54) is 6.07 Å². The molecule has 0 saturated heterocycles. The highest BCUT2D eigenvalue weighted by Gasteiger charge is 2.19. The molecule has 1 amide bonds. The maximum Gasteiger partial charge on any atom is 0.251 e. The zero-order valence-electron chi connectivity index (χ0n) is 10.4. The van der Waals surface area contributed by atoms with Gasteiger partial charge in [0.15, 0.2) is 0 Å². The standard InChI is InChI=1S/C13H18FNO2/c1-4-13(3,17)8-15-12(16)10-6-5-9(2)11(14)7-10/h5-7,17H,4,8H2,1-3H3,(H,15,16). The Labute approximate surface area is 101 Å². The van der Waals surface area contributed by atoms with Crippen molar-refractivity contribution in [2.24, 2.45) is 0 Å². The van der Waals surface area contributed by atoms with Crippen LogP contribution in [0.25, 0.3) is 0 Å². The van der Waals surface area contributed by atoms with Crippen molar-refractivity contribution in [1.29, 1.82) is 0 Å². The maximum atomic E-state index is 13.3. The zero-order chi connectivity index (χ0) is 13.1. The molecule has 1 atom stereocenters. The number of benzene rings is 1. The average Bonchev–Trinajstić information content (AvgIpc) is 2.30. The summed E-state index contributed by atoms with van der Waals surface area (Å²) >= 11 is 0. The summed E-state index contributed by atoms with van der Waals surface area (Å²) in [5.41, 5.74) is -0.166. The highest BCUT2D eigenvalue weighted by Crippen LogP contribution is 2.10. The number of hydrogen-bond acceptors (Lipinski definition) is 2. The summed E-state index contributed by atoms with van der Waals surface area (Å²) < 4.78 is 13.3. The molecule has 1 unspecified atom stereocenters. The van der Waals surface area contributed by atoms with Gasteiger partial charge in [0.25, 0.3) is 5.91 Å². The van der Waals surface area contributed by atoms with Gasteiger partial charge in [-0.25, -0.2) is 4.39 Å². The number of aliphatic hydroxyl groups is 1. The van der Waals surface area contributed by atoms with E-state index in [-0.39, 0.29) is 18.0 Å². The molecule has 4 heteroatoms. The second-order valence-corrected chi connectivity index (χ2v) is 4.50. The minimum Gasteiger partial charge on any atom is -0.388 e. The summed E-state index contributed by atoms with van der Waals surface area (Å²) in [5, 5.41) is 12.3. The lowest BCUT2D eigenvalue weighted by atomic mass is 10.0. The van der Waals surface area contributed by atoms with E-state index in [9.17, 15) is 14.3 Å². The first-order chi connectivity index (χ1) is 7.85. The average molecular weight is 239 g/mol. The lowest BCUT2D eigenvalue weighted by Crippen LogP contribution is -2.40. The van der Waals surface area contributed by atoms with Crippen LogP contribution in [0.2, 0.25) is 0 Å². The molecule has 0 aliphatic rings. The number of aryl methyl sites for hydroxylation is 1. The van der Waals surface area contributed by atoms with Crippen molar-refractivity contribution >= 4 is 5.91 Å². The first-order valence-electron chi connectivity index (χ1n) is 5.62. The van der Waals surface area contributed by atoms with Gasteiger partial charge in [-0.2, -0.15) is 0 Å². The van der Waals surface area contributed by atoms with Crippen LogP contribution in [-0.4, -0.2) is 23.2 Å². The monoisotopic (exact) mass is 239 g/mol. The molecule has 1 aromatic rings. The molecule has 0 saturated carbocycles. The zero-order valence-corrected chi connectivity index (χ0v) is 10.4. The number of nitrogens with one attached hydrogen (secondary N) is 1. The Morgan fingerprint density at radius 3 is 2.71 bits per heavy atom. The predicted octanol–water partition coefficient (Wildman–Crippen LogP) is 2.02. The summed E-state index contributed by atoms with van der Waals surface area (Å²) in [6, 6.07) is 4.32. The van der Waals surface area contributed by atoms with Crippen LogP contribution in [-0.2, 0) is 0 Å². The molecule has 0 spiro atoms. The van der Waals surface area contributed by atoms with Crippen LogP contribution in [0.5, 0.6) is 0 Å². The van der Waals surface area contributed by atoms with Gasteiger partial charge in [-0.15, -0.1) is 0 Å². The Bertz CT molecular complexity index is 416. The van der Waals surface area contributed by atoms with Gasteiger partial charge in [-0.05, 0) is 38.0 Å². The Kier molecular flexibility index (Phi) is 4.23. The summed E-state index contributed by atoms with van der Waals surface area (Å²) in [6.07, 6.45) is 0.537. The van der Waals surface area contributed by atoms with E-state index in [1.54, 1.807) is 26.0 Å². The number of halogens is 1. The van der Waals surface area contributed by atoms with E-state index in [0.717, 1.165) is 0 Å². The molecule has 0 radical (unpaired) electrons. The minimum absolute atomic E-state index is 0.151. The molecule has 0 aliphatic heterocycles. The Hall–Kier alpha value is -1.42. The summed E-state index contributed by atoms with van der Waals surface area (Å²) in [5.74, 6) is -0.780. The third kappa shape index (κ3) is 3.82. The van der Waals surface area contributed by atoms with Crippen molar-refractivity contribution < 1.29 is 14.3 Å². The quantitative estimate of drug-likeness (QED) is 0.844. The molecular formula is C13H18FNO2. The first-order valence-corrected chi connectivity index (χ1v) is 5.62. The van der Waals surface area contributed by atoms with Crippen molar-refractivity contribution in [3.63, 3.8) is 0 Å². The van der Waals surface area contributed by atoms with E-state index in [1.807, 2.05) is 6.92 Å². The Morgan fingerprint density at radius 2 is 2.18 bits per heavy atom. The topological polar surface area (TPSA) is 49.3 Å². The molecule has 1 aromatic carbocycles. The lowest BCUT2D eigenvalue weighted by Gasteiger charge is -2.21. The second kappa shape index (κ2) is 5.27. The highest BCUT2D eigenvalue weighted by molar-refractivity contribution is 5.94. The van der Waals surface area contributed by atoms with Gasteiger partial charge < -0.3 is 10.4 Å². The van der Waals surface area contributed by atoms with Crippen molar-refractivity contribution in [2.45, 2.75) is 32.8 Å². The summed E-state index contributed by atoms with van der Waals surface area (Å²) in [4.78, 5) is 11.7. The van der Waals surface area contributed by atoms with Crippen molar-refractivity contribution in [3.8, 4) is 0 Å². The van der Waals surface area contributed by atoms with Crippen LogP contribution in [0, 0.1) is 12.7 Å². The first kappa shape index (κ1) is 13.6. The van der Waals surface area contributed by atoms with Gasteiger partial charge in [-0.1, -0.05) is 13.0 Å². The lowest BCUT2D eigenvalue weighted by molar-refractivity contribution is 0.0518. The van der Waals surface area contributed by atoms with Crippen LogP contribution in [0.1, 0.15) is 36.2 Å². The SMILES string of the molecule is CCC(C)(O)CNC(=O)c1ccc(C)c(F)c1. The third-order valence-electron chi connectivity index (χ3n) is 2.83. The summed E-state index contributed by atoms with van der Waals surface area (Å²) in [7, 11) is 0. The molecule has 2 N–H and O–H groups in total. The number of rotatable bonds is 4. The number of carbonyl (C=O) groups excluding carboxylic acids is 1. The number of amides is 1. The van der Waals surface area contributed by atoms with Crippen LogP contribution in [0.15, 0.2) is 18.2 Å². The van der Waals surface area contributed by atoms with Crippen LogP contribution >= 0.6 is 0 Å². The number of carbonyl (C=O) groups is 1. The van der Waals surface area contributed by atoms with E-state index >= 15 is 0 Å². The molecular weight excluding hydrogens is 221 g/mol. The van der Waals surface area contributed by atoms with Gasteiger partial charge in [-0.3, -0.25) is 4.79 Å². The second-order valence-electron chi connectivity index (χ2n) is 4.50. The molecule has 17 heavy (non-hydrogen) atoms. The molecule has 0 aliphatic carbocycles. The van der Waals surface area contributed by atoms with Gasteiger partial charge in [0.05, 0.1) is 5.60 Å². The molecule has 0 heterocycles.